The molecule has 5 atom stereocenters. The minimum Gasteiger partial charge on any atom is -0.391 e. The fourth-order valence-corrected chi connectivity index (χ4v) is 2.79. The fraction of sp³-hybridized carbons (Fsp3) is 1.00. The predicted molar refractivity (Wildman–Crippen MR) is 62.6 cm³/mol. The summed E-state index contributed by atoms with van der Waals surface area (Å²) in [5.41, 5.74) is -0.263. The number of hydrogen-bond donors (Lipinski definition) is 3. The lowest BCUT2D eigenvalue weighted by Crippen LogP contribution is -2.42. The normalized spacial score (nSPS) is 43.1. The van der Waals surface area contributed by atoms with Crippen LogP contribution in [0.15, 0.2) is 0 Å². The van der Waals surface area contributed by atoms with Crippen LogP contribution in [0.2, 0.25) is 0 Å². The van der Waals surface area contributed by atoms with Crippen LogP contribution in [0.3, 0.4) is 0 Å². The molecule has 2 aliphatic rings. The van der Waals surface area contributed by atoms with E-state index in [1.165, 1.54) is 0 Å². The Balaban J connectivity index is 2.03. The van der Waals surface area contributed by atoms with E-state index >= 15 is 0 Å². The SMILES string of the molecule is CC(C)(C)OC[C@@H]1[C@@H](O)[C@H](O)[C@H]2[C@@H](O)CCN21. The van der Waals surface area contributed by atoms with E-state index in [4.69, 9.17) is 4.74 Å². The number of aliphatic hydroxyl groups excluding tert-OH is 3. The molecular weight excluding hydrogens is 222 g/mol. The molecule has 2 fully saturated rings. The van der Waals surface area contributed by atoms with Crippen molar-refractivity contribution in [2.24, 2.45) is 0 Å². The summed E-state index contributed by atoms with van der Waals surface area (Å²) in [6, 6.07) is -0.551. The standard InChI is InChI=1S/C12H23NO4/c1-12(2,3)17-6-7-10(15)11(16)9-8(14)4-5-13(7)9/h7-11,14-16H,4-6H2,1-3H3/t7-,8+,9-,10-,11-/m1/s1. The van der Waals surface area contributed by atoms with E-state index < -0.39 is 18.3 Å². The third kappa shape index (κ3) is 2.48. The van der Waals surface area contributed by atoms with E-state index in [-0.39, 0.29) is 17.7 Å². The number of hydrogen-bond acceptors (Lipinski definition) is 5. The van der Waals surface area contributed by atoms with Gasteiger partial charge in [-0.3, -0.25) is 4.90 Å². The molecule has 0 spiro atoms. The summed E-state index contributed by atoms with van der Waals surface area (Å²) in [6.45, 7) is 6.96. The molecule has 2 heterocycles. The summed E-state index contributed by atoms with van der Waals surface area (Å²) in [6.07, 6.45) is -1.60. The Labute approximate surface area is 102 Å². The largest absolute Gasteiger partial charge is 0.391 e. The van der Waals surface area contributed by atoms with Gasteiger partial charge in [-0.15, -0.1) is 0 Å². The van der Waals surface area contributed by atoms with Gasteiger partial charge in [0, 0.05) is 6.54 Å². The average molecular weight is 245 g/mol. The molecule has 5 heteroatoms. The van der Waals surface area contributed by atoms with Gasteiger partial charge < -0.3 is 20.1 Å². The lowest BCUT2D eigenvalue weighted by atomic mass is 10.0. The third-order valence-electron chi connectivity index (χ3n) is 3.67. The third-order valence-corrected chi connectivity index (χ3v) is 3.67. The summed E-state index contributed by atoms with van der Waals surface area (Å²) in [5, 5.41) is 29.7. The van der Waals surface area contributed by atoms with Gasteiger partial charge in [0.05, 0.1) is 42.6 Å². The van der Waals surface area contributed by atoms with Gasteiger partial charge in [-0.2, -0.15) is 0 Å². The molecule has 100 valence electrons. The van der Waals surface area contributed by atoms with Gasteiger partial charge in [0.25, 0.3) is 0 Å². The molecule has 0 saturated carbocycles. The van der Waals surface area contributed by atoms with E-state index in [0.29, 0.717) is 19.6 Å². The van der Waals surface area contributed by atoms with Crippen molar-refractivity contribution in [2.45, 2.75) is 63.2 Å². The predicted octanol–water partition coefficient (Wildman–Crippen LogP) is -0.659. The molecule has 2 rings (SSSR count). The van der Waals surface area contributed by atoms with Crippen molar-refractivity contribution in [3.05, 3.63) is 0 Å². The number of aliphatic hydroxyl groups is 3. The second kappa shape index (κ2) is 4.48. The first-order chi connectivity index (χ1) is 7.81. The Hall–Kier alpha value is -0.200. The van der Waals surface area contributed by atoms with E-state index in [2.05, 4.69) is 0 Å². The number of fused-ring (bicyclic) bond motifs is 1. The first kappa shape index (κ1) is 13.2. The summed E-state index contributed by atoms with van der Waals surface area (Å²) in [5.74, 6) is 0. The molecule has 0 aliphatic carbocycles. The molecule has 2 aliphatic heterocycles. The second-order valence-corrected chi connectivity index (χ2v) is 6.06. The first-order valence-electron chi connectivity index (χ1n) is 6.25. The summed E-state index contributed by atoms with van der Waals surface area (Å²) < 4.78 is 5.68. The van der Waals surface area contributed by atoms with Crippen molar-refractivity contribution in [1.29, 1.82) is 0 Å². The van der Waals surface area contributed by atoms with Gasteiger partial charge in [0.2, 0.25) is 0 Å². The molecule has 0 aromatic rings. The van der Waals surface area contributed by atoms with Crippen molar-refractivity contribution in [1.82, 2.24) is 4.90 Å². The number of rotatable bonds is 2. The zero-order valence-electron chi connectivity index (χ0n) is 10.7. The molecule has 2 saturated heterocycles. The number of nitrogens with zero attached hydrogens (tertiary/aromatic N) is 1. The van der Waals surface area contributed by atoms with Crippen LogP contribution in [0.4, 0.5) is 0 Å². The van der Waals surface area contributed by atoms with Gasteiger partial charge in [-0.25, -0.2) is 0 Å². The Kier molecular flexibility index (Phi) is 3.49. The van der Waals surface area contributed by atoms with E-state index in [0.717, 1.165) is 0 Å². The topological polar surface area (TPSA) is 73.2 Å². The minimum absolute atomic E-state index is 0.216. The molecular formula is C12H23NO4. The van der Waals surface area contributed by atoms with Crippen molar-refractivity contribution in [2.75, 3.05) is 13.2 Å². The van der Waals surface area contributed by atoms with Crippen LogP contribution >= 0.6 is 0 Å². The van der Waals surface area contributed by atoms with E-state index in [1.807, 2.05) is 25.7 Å². The summed E-state index contributed by atoms with van der Waals surface area (Å²) in [7, 11) is 0. The van der Waals surface area contributed by atoms with Crippen LogP contribution in [0.5, 0.6) is 0 Å². The highest BCUT2D eigenvalue weighted by atomic mass is 16.5. The second-order valence-electron chi connectivity index (χ2n) is 6.06. The molecule has 0 unspecified atom stereocenters. The maximum Gasteiger partial charge on any atom is 0.0995 e. The van der Waals surface area contributed by atoms with Crippen LogP contribution in [0, 0.1) is 0 Å². The van der Waals surface area contributed by atoms with Gasteiger partial charge in [0.15, 0.2) is 0 Å². The monoisotopic (exact) mass is 245 g/mol. The first-order valence-corrected chi connectivity index (χ1v) is 6.25. The van der Waals surface area contributed by atoms with E-state index in [9.17, 15) is 15.3 Å². The molecule has 5 nitrogen and oxygen atoms in total. The maximum atomic E-state index is 10.00. The van der Waals surface area contributed by atoms with Gasteiger partial charge in [0.1, 0.15) is 0 Å². The zero-order valence-corrected chi connectivity index (χ0v) is 10.7. The Morgan fingerprint density at radius 2 is 1.82 bits per heavy atom. The lowest BCUT2D eigenvalue weighted by Gasteiger charge is -2.28. The van der Waals surface area contributed by atoms with Crippen molar-refractivity contribution in [3.63, 3.8) is 0 Å². The Bertz CT molecular complexity index is 278. The highest BCUT2D eigenvalue weighted by Crippen LogP contribution is 2.34. The molecule has 0 bridgehead atoms. The van der Waals surface area contributed by atoms with Gasteiger partial charge in [-0.1, -0.05) is 0 Å². The van der Waals surface area contributed by atoms with Crippen LogP contribution < -0.4 is 0 Å². The van der Waals surface area contributed by atoms with Gasteiger partial charge in [-0.05, 0) is 27.2 Å². The van der Waals surface area contributed by atoms with Gasteiger partial charge >= 0.3 is 0 Å². The van der Waals surface area contributed by atoms with Crippen LogP contribution in [-0.2, 0) is 4.74 Å². The molecule has 17 heavy (non-hydrogen) atoms. The molecule has 0 aromatic heterocycles. The molecule has 0 aromatic carbocycles. The van der Waals surface area contributed by atoms with Crippen molar-refractivity contribution < 1.29 is 20.1 Å². The molecule has 3 N–H and O–H groups in total. The summed E-state index contributed by atoms with van der Waals surface area (Å²) >= 11 is 0. The Morgan fingerprint density at radius 3 is 2.41 bits per heavy atom. The zero-order chi connectivity index (χ0) is 12.8. The van der Waals surface area contributed by atoms with Crippen LogP contribution in [0.1, 0.15) is 27.2 Å². The Morgan fingerprint density at radius 1 is 1.18 bits per heavy atom. The lowest BCUT2D eigenvalue weighted by molar-refractivity contribution is -0.0531. The molecule has 0 amide bonds. The molecule has 0 radical (unpaired) electrons. The van der Waals surface area contributed by atoms with Crippen LogP contribution in [-0.4, -0.2) is 69.4 Å². The smallest absolute Gasteiger partial charge is 0.0995 e. The average Bonchev–Trinajstić information content (AvgIpc) is 2.67. The number of ether oxygens (including phenoxy) is 1. The maximum absolute atomic E-state index is 10.00. The fourth-order valence-electron chi connectivity index (χ4n) is 2.79. The van der Waals surface area contributed by atoms with Crippen molar-refractivity contribution >= 4 is 0 Å². The van der Waals surface area contributed by atoms with Crippen LogP contribution in [0.25, 0.3) is 0 Å². The summed E-state index contributed by atoms with van der Waals surface area (Å²) in [4.78, 5) is 1.98. The minimum atomic E-state index is -0.874. The highest BCUT2D eigenvalue weighted by Gasteiger charge is 2.53. The highest BCUT2D eigenvalue weighted by molar-refractivity contribution is 5.07. The van der Waals surface area contributed by atoms with E-state index in [1.54, 1.807) is 0 Å². The quantitative estimate of drug-likeness (QED) is 0.602. The van der Waals surface area contributed by atoms with Crippen molar-refractivity contribution in [3.8, 4) is 0 Å².